The van der Waals surface area contributed by atoms with Crippen LogP contribution < -0.4 is 0 Å². The average Bonchev–Trinajstić information content (AvgIpc) is 2.49. The first-order valence-electron chi connectivity index (χ1n) is 5.40. The van der Waals surface area contributed by atoms with E-state index in [9.17, 15) is 4.79 Å². The maximum atomic E-state index is 11.1. The van der Waals surface area contributed by atoms with E-state index in [-0.39, 0.29) is 5.92 Å². The topological polar surface area (TPSA) is 53.7 Å². The Bertz CT molecular complexity index is 357. The van der Waals surface area contributed by atoms with Crippen LogP contribution in [0, 0.1) is 12.8 Å². The number of hydrogen-bond acceptors (Lipinski definition) is 3. The minimum absolute atomic E-state index is 0.0681. The van der Waals surface area contributed by atoms with Gasteiger partial charge in [-0.1, -0.05) is 13.8 Å². The normalized spacial score (nSPS) is 13.4. The van der Waals surface area contributed by atoms with Gasteiger partial charge in [-0.05, 0) is 32.0 Å². The molecule has 4 heteroatoms. The van der Waals surface area contributed by atoms with Crippen molar-refractivity contribution in [3.63, 3.8) is 0 Å². The molecule has 90 valence electrons. The average molecular weight is 225 g/mol. The van der Waals surface area contributed by atoms with Crippen LogP contribution in [0.3, 0.4) is 0 Å². The van der Waals surface area contributed by atoms with Gasteiger partial charge in [0.05, 0.1) is 6.54 Å². The van der Waals surface area contributed by atoms with E-state index in [4.69, 9.17) is 9.52 Å². The van der Waals surface area contributed by atoms with E-state index in [1.807, 2.05) is 32.9 Å². The summed E-state index contributed by atoms with van der Waals surface area (Å²) in [4.78, 5) is 12.9. The van der Waals surface area contributed by atoms with Gasteiger partial charge in [-0.3, -0.25) is 9.69 Å². The number of carboxylic acid groups (broad SMARTS) is 1. The summed E-state index contributed by atoms with van der Waals surface area (Å²) in [5, 5.41) is 9.13. The smallest absolute Gasteiger partial charge is 0.321 e. The molecule has 0 radical (unpaired) electrons. The Labute approximate surface area is 95.9 Å². The fourth-order valence-electron chi connectivity index (χ4n) is 1.90. The third kappa shape index (κ3) is 3.10. The number of aliphatic carboxylic acids is 1. The summed E-state index contributed by atoms with van der Waals surface area (Å²) in [6, 6.07) is 3.28. The molecule has 16 heavy (non-hydrogen) atoms. The molecule has 1 aromatic rings. The maximum Gasteiger partial charge on any atom is 0.321 e. The lowest BCUT2D eigenvalue weighted by Gasteiger charge is -2.26. The van der Waals surface area contributed by atoms with Crippen LogP contribution in [-0.4, -0.2) is 29.1 Å². The first-order chi connectivity index (χ1) is 7.41. The van der Waals surface area contributed by atoms with E-state index < -0.39 is 12.0 Å². The van der Waals surface area contributed by atoms with Crippen molar-refractivity contribution in [2.75, 3.05) is 7.05 Å². The molecule has 0 spiro atoms. The molecule has 1 aromatic heterocycles. The summed E-state index contributed by atoms with van der Waals surface area (Å²) < 4.78 is 5.43. The number of rotatable bonds is 5. The molecule has 0 saturated heterocycles. The van der Waals surface area contributed by atoms with Gasteiger partial charge in [0.1, 0.15) is 17.6 Å². The van der Waals surface area contributed by atoms with Crippen molar-refractivity contribution < 1.29 is 14.3 Å². The summed E-state index contributed by atoms with van der Waals surface area (Å²) in [5.41, 5.74) is 0. The number of likely N-dealkylation sites (N-methyl/N-ethyl adjacent to an activating group) is 1. The van der Waals surface area contributed by atoms with E-state index in [2.05, 4.69) is 0 Å². The molecule has 4 nitrogen and oxygen atoms in total. The number of carbonyl (C=O) groups is 1. The van der Waals surface area contributed by atoms with Crippen molar-refractivity contribution >= 4 is 5.97 Å². The Kier molecular flexibility index (Phi) is 4.12. The van der Waals surface area contributed by atoms with E-state index in [0.717, 1.165) is 11.5 Å². The summed E-state index contributed by atoms with van der Waals surface area (Å²) in [6.07, 6.45) is 0. The van der Waals surface area contributed by atoms with Crippen LogP contribution in [0.4, 0.5) is 0 Å². The Morgan fingerprint density at radius 3 is 2.50 bits per heavy atom. The van der Waals surface area contributed by atoms with E-state index in [0.29, 0.717) is 6.54 Å². The predicted molar refractivity (Wildman–Crippen MR) is 61.2 cm³/mol. The highest BCUT2D eigenvalue weighted by Crippen LogP contribution is 2.14. The Morgan fingerprint density at radius 2 is 2.12 bits per heavy atom. The Hall–Kier alpha value is -1.29. The summed E-state index contributed by atoms with van der Waals surface area (Å²) in [5.74, 6) is 0.922. The molecule has 0 aliphatic rings. The number of furan rings is 1. The van der Waals surface area contributed by atoms with Gasteiger partial charge in [0.2, 0.25) is 0 Å². The monoisotopic (exact) mass is 225 g/mol. The van der Waals surface area contributed by atoms with Gasteiger partial charge in [-0.2, -0.15) is 0 Å². The zero-order valence-corrected chi connectivity index (χ0v) is 10.2. The van der Waals surface area contributed by atoms with Gasteiger partial charge < -0.3 is 9.52 Å². The molecule has 1 heterocycles. The highest BCUT2D eigenvalue weighted by molar-refractivity contribution is 5.73. The molecule has 0 bridgehead atoms. The number of nitrogens with zero attached hydrogens (tertiary/aromatic N) is 1. The molecule has 0 saturated carbocycles. The van der Waals surface area contributed by atoms with Crippen LogP contribution in [0.5, 0.6) is 0 Å². The van der Waals surface area contributed by atoms with Crippen LogP contribution in [0.1, 0.15) is 25.4 Å². The molecule has 0 aromatic carbocycles. The van der Waals surface area contributed by atoms with Crippen molar-refractivity contribution in [3.05, 3.63) is 23.7 Å². The van der Waals surface area contributed by atoms with Gasteiger partial charge >= 0.3 is 5.97 Å². The van der Waals surface area contributed by atoms with Gasteiger partial charge in [0.15, 0.2) is 0 Å². The van der Waals surface area contributed by atoms with E-state index in [1.54, 1.807) is 11.9 Å². The van der Waals surface area contributed by atoms with Crippen LogP contribution >= 0.6 is 0 Å². The lowest BCUT2D eigenvalue weighted by atomic mass is 10.0. The molecule has 0 aliphatic heterocycles. The van der Waals surface area contributed by atoms with Crippen molar-refractivity contribution in [1.82, 2.24) is 4.90 Å². The number of aryl methyl sites for hydroxylation is 1. The Morgan fingerprint density at radius 1 is 1.50 bits per heavy atom. The molecule has 1 atom stereocenters. The molecule has 0 amide bonds. The van der Waals surface area contributed by atoms with Crippen molar-refractivity contribution in [3.8, 4) is 0 Å². The minimum atomic E-state index is -0.791. The second kappa shape index (κ2) is 5.16. The summed E-state index contributed by atoms with van der Waals surface area (Å²) in [6.45, 7) is 6.20. The molecular formula is C12H19NO3. The van der Waals surface area contributed by atoms with Gasteiger partial charge in [0.25, 0.3) is 0 Å². The molecule has 1 unspecified atom stereocenters. The fraction of sp³-hybridized carbons (Fsp3) is 0.583. The van der Waals surface area contributed by atoms with Gasteiger partial charge in [-0.25, -0.2) is 0 Å². The van der Waals surface area contributed by atoms with Gasteiger partial charge in [-0.15, -0.1) is 0 Å². The van der Waals surface area contributed by atoms with Crippen molar-refractivity contribution in [2.24, 2.45) is 5.92 Å². The highest BCUT2D eigenvalue weighted by atomic mass is 16.4. The second-order valence-electron chi connectivity index (χ2n) is 4.45. The third-order valence-corrected chi connectivity index (χ3v) is 2.56. The highest BCUT2D eigenvalue weighted by Gasteiger charge is 2.26. The number of carboxylic acids is 1. The molecule has 0 aliphatic carbocycles. The first kappa shape index (κ1) is 12.8. The molecular weight excluding hydrogens is 206 g/mol. The summed E-state index contributed by atoms with van der Waals surface area (Å²) >= 11 is 0. The molecule has 0 fully saturated rings. The van der Waals surface area contributed by atoms with Crippen molar-refractivity contribution in [2.45, 2.75) is 33.4 Å². The fourth-order valence-corrected chi connectivity index (χ4v) is 1.90. The zero-order chi connectivity index (χ0) is 12.3. The lowest BCUT2D eigenvalue weighted by molar-refractivity contribution is -0.144. The number of hydrogen-bond donors (Lipinski definition) is 1. The maximum absolute atomic E-state index is 11.1. The second-order valence-corrected chi connectivity index (χ2v) is 4.45. The van der Waals surface area contributed by atoms with Crippen LogP contribution in [0.25, 0.3) is 0 Å². The van der Waals surface area contributed by atoms with Gasteiger partial charge in [0, 0.05) is 0 Å². The first-order valence-corrected chi connectivity index (χ1v) is 5.40. The summed E-state index contributed by atoms with van der Waals surface area (Å²) in [7, 11) is 1.80. The third-order valence-electron chi connectivity index (χ3n) is 2.56. The van der Waals surface area contributed by atoms with E-state index in [1.165, 1.54) is 0 Å². The zero-order valence-electron chi connectivity index (χ0n) is 10.2. The molecule has 1 rings (SSSR count). The largest absolute Gasteiger partial charge is 0.480 e. The quantitative estimate of drug-likeness (QED) is 0.834. The Balaban J connectivity index is 2.69. The lowest BCUT2D eigenvalue weighted by Crippen LogP contribution is -2.41. The van der Waals surface area contributed by atoms with Crippen LogP contribution in [0.2, 0.25) is 0 Å². The SMILES string of the molecule is Cc1ccc(CN(C)C(C(=O)O)C(C)C)o1. The van der Waals surface area contributed by atoms with Crippen LogP contribution in [0.15, 0.2) is 16.5 Å². The van der Waals surface area contributed by atoms with E-state index >= 15 is 0 Å². The standard InChI is InChI=1S/C12H19NO3/c1-8(2)11(12(14)15)13(4)7-10-6-5-9(3)16-10/h5-6,8,11H,7H2,1-4H3,(H,14,15). The minimum Gasteiger partial charge on any atom is -0.480 e. The predicted octanol–water partition coefficient (Wildman–Crippen LogP) is 2.13. The molecule has 1 N–H and O–H groups in total. The van der Waals surface area contributed by atoms with Crippen molar-refractivity contribution in [1.29, 1.82) is 0 Å². The van der Waals surface area contributed by atoms with Crippen LogP contribution in [-0.2, 0) is 11.3 Å².